The number of carbonyl (C=O) groups is 3. The van der Waals surface area contributed by atoms with Gasteiger partial charge in [0.25, 0.3) is 0 Å². The summed E-state index contributed by atoms with van der Waals surface area (Å²) in [4.78, 5) is 42.4. The van der Waals surface area contributed by atoms with E-state index < -0.39 is 23.4 Å². The van der Waals surface area contributed by atoms with Gasteiger partial charge in [-0.05, 0) is 42.2 Å². The minimum Gasteiger partial charge on any atom is -0.504 e. The van der Waals surface area contributed by atoms with Crippen molar-refractivity contribution in [3.63, 3.8) is 0 Å². The van der Waals surface area contributed by atoms with Crippen molar-refractivity contribution in [2.24, 2.45) is 11.8 Å². The van der Waals surface area contributed by atoms with Crippen LogP contribution in [-0.4, -0.2) is 45.4 Å². The van der Waals surface area contributed by atoms with Gasteiger partial charge in [-0.15, -0.1) is 0 Å². The summed E-state index contributed by atoms with van der Waals surface area (Å²) in [7, 11) is 0. The fraction of sp³-hybridized carbons (Fsp3) is 0.250. The largest absolute Gasteiger partial charge is 0.504 e. The second-order valence-corrected chi connectivity index (χ2v) is 9.65. The van der Waals surface area contributed by atoms with Crippen molar-refractivity contribution in [2.75, 3.05) is 11.9 Å². The lowest BCUT2D eigenvalue weighted by Gasteiger charge is -2.29. The number of carbonyl (C=O) groups excluding carboxylic acids is 3. The number of phenolic OH excluding ortho intramolecular Hbond substituents is 2. The number of aromatic hydroxyl groups is 2. The highest BCUT2D eigenvalue weighted by Crippen LogP contribution is 2.53. The highest BCUT2D eigenvalue weighted by Gasteiger charge is 2.70. The van der Waals surface area contributed by atoms with E-state index >= 15 is 0 Å². The van der Waals surface area contributed by atoms with E-state index in [0.29, 0.717) is 23.2 Å². The maximum atomic E-state index is 13.8. The first-order valence-electron chi connectivity index (χ1n) is 12.0. The zero-order chi connectivity index (χ0) is 25.0. The van der Waals surface area contributed by atoms with Crippen LogP contribution >= 0.6 is 0 Å². The van der Waals surface area contributed by atoms with E-state index in [-0.39, 0.29) is 42.2 Å². The first-order valence-corrected chi connectivity index (χ1v) is 12.0. The zero-order valence-corrected chi connectivity index (χ0v) is 19.3. The lowest BCUT2D eigenvalue weighted by atomic mass is 9.76. The Hall–Kier alpha value is -4.17. The second kappa shape index (κ2) is 8.20. The minimum atomic E-state index is -1.36. The van der Waals surface area contributed by atoms with Crippen LogP contribution in [0.4, 0.5) is 5.69 Å². The second-order valence-electron chi connectivity index (χ2n) is 9.65. The molecule has 3 aliphatic rings. The molecule has 8 heteroatoms. The normalized spacial score (nSPS) is 26.4. The Morgan fingerprint density at radius 2 is 1.58 bits per heavy atom. The van der Waals surface area contributed by atoms with Gasteiger partial charge in [0.2, 0.25) is 17.7 Å². The van der Waals surface area contributed by atoms with Gasteiger partial charge >= 0.3 is 0 Å². The number of fused-ring (bicyclic) bond motifs is 4. The van der Waals surface area contributed by atoms with Gasteiger partial charge < -0.3 is 15.5 Å². The van der Waals surface area contributed by atoms with Crippen LogP contribution in [0.15, 0.2) is 72.8 Å². The summed E-state index contributed by atoms with van der Waals surface area (Å²) in [6, 6.07) is 20.8. The Bertz CT molecular complexity index is 1390. The molecule has 0 bridgehead atoms. The molecule has 6 rings (SSSR count). The molecule has 8 nitrogen and oxygen atoms in total. The number of anilines is 1. The molecule has 4 atom stereocenters. The molecule has 4 N–H and O–H groups in total. The summed E-state index contributed by atoms with van der Waals surface area (Å²) in [5.41, 5.74) is 1.61. The van der Waals surface area contributed by atoms with Gasteiger partial charge in [0.15, 0.2) is 11.5 Å². The number of hydrogen-bond donors (Lipinski definition) is 4. The number of para-hydroxylation sites is 1. The summed E-state index contributed by atoms with van der Waals surface area (Å²) in [5, 5.41) is 26.0. The molecule has 3 heterocycles. The predicted molar refractivity (Wildman–Crippen MR) is 131 cm³/mol. The van der Waals surface area contributed by atoms with E-state index in [1.165, 1.54) is 17.0 Å². The molecule has 0 aromatic heterocycles. The number of hydrogen-bond acceptors (Lipinski definition) is 6. The third-order valence-electron chi connectivity index (χ3n) is 7.68. The smallest absolute Gasteiger partial charge is 0.250 e. The third-order valence-corrected chi connectivity index (χ3v) is 7.68. The quantitative estimate of drug-likeness (QED) is 0.327. The van der Waals surface area contributed by atoms with Crippen LogP contribution in [0.1, 0.15) is 16.7 Å². The number of rotatable bonds is 5. The lowest BCUT2D eigenvalue weighted by molar-refractivity contribution is -0.142. The van der Waals surface area contributed by atoms with Gasteiger partial charge in [-0.25, -0.2) is 0 Å². The van der Waals surface area contributed by atoms with Crippen molar-refractivity contribution in [3.05, 3.63) is 89.5 Å². The van der Waals surface area contributed by atoms with Gasteiger partial charge in [0.1, 0.15) is 5.54 Å². The van der Waals surface area contributed by atoms with Gasteiger partial charge in [0.05, 0.1) is 11.8 Å². The van der Waals surface area contributed by atoms with Crippen molar-refractivity contribution in [2.45, 2.75) is 24.4 Å². The Balaban J connectivity index is 1.39. The molecular weight excluding hydrogens is 458 g/mol. The van der Waals surface area contributed by atoms with Gasteiger partial charge in [0, 0.05) is 23.8 Å². The number of benzene rings is 3. The fourth-order valence-electron chi connectivity index (χ4n) is 6.05. The van der Waals surface area contributed by atoms with Crippen molar-refractivity contribution in [3.8, 4) is 11.5 Å². The molecular formula is C28H25N3O5. The minimum absolute atomic E-state index is 0.237. The average Bonchev–Trinajstić information content (AvgIpc) is 3.45. The summed E-state index contributed by atoms with van der Waals surface area (Å²) in [5.74, 6) is -3.14. The first kappa shape index (κ1) is 22.3. The van der Waals surface area contributed by atoms with E-state index in [2.05, 4.69) is 10.6 Å². The van der Waals surface area contributed by atoms with Crippen molar-refractivity contribution in [1.29, 1.82) is 0 Å². The fourth-order valence-corrected chi connectivity index (χ4v) is 6.05. The highest BCUT2D eigenvalue weighted by molar-refractivity contribution is 6.15. The lowest BCUT2D eigenvalue weighted by Crippen LogP contribution is -2.53. The molecule has 3 aliphatic heterocycles. The molecule has 1 spiro atoms. The molecule has 0 saturated carbocycles. The molecule has 3 amide bonds. The molecule has 0 radical (unpaired) electrons. The Labute approximate surface area is 207 Å². The predicted octanol–water partition coefficient (Wildman–Crippen LogP) is 2.30. The monoisotopic (exact) mass is 483 g/mol. The van der Waals surface area contributed by atoms with E-state index in [0.717, 1.165) is 5.56 Å². The maximum Gasteiger partial charge on any atom is 0.250 e. The molecule has 0 unspecified atom stereocenters. The van der Waals surface area contributed by atoms with Crippen LogP contribution in [0.25, 0.3) is 0 Å². The first-order chi connectivity index (χ1) is 17.4. The van der Waals surface area contributed by atoms with Gasteiger partial charge in [-0.2, -0.15) is 0 Å². The number of likely N-dealkylation sites (tertiary alicyclic amines) is 1. The maximum absolute atomic E-state index is 13.8. The van der Waals surface area contributed by atoms with E-state index in [1.807, 2.05) is 48.5 Å². The topological polar surface area (TPSA) is 119 Å². The molecule has 3 aromatic carbocycles. The number of amides is 3. The number of nitrogens with one attached hydrogen (secondary N) is 2. The summed E-state index contributed by atoms with van der Waals surface area (Å²) >= 11 is 0. The van der Waals surface area contributed by atoms with Crippen LogP contribution < -0.4 is 10.6 Å². The molecule has 3 aromatic rings. The Kier molecular flexibility index (Phi) is 5.08. The standard InChI is InChI=1S/C28H25N3O5/c32-21-11-10-17(15-22(21)33)14-20-23-24(28(30-20)18-8-4-5-9-19(18)29-27(28)36)26(35)31(25(23)34)13-12-16-6-2-1-3-7-16/h1-11,15,20,23-24,30,32-33H,12-14H2,(H,29,36)/t20-,23-,24+,28-/m1/s1. The number of nitrogens with zero attached hydrogens (tertiary/aromatic N) is 1. The zero-order valence-electron chi connectivity index (χ0n) is 19.3. The summed E-state index contributed by atoms with van der Waals surface area (Å²) in [6.07, 6.45) is 0.815. The van der Waals surface area contributed by atoms with Crippen molar-refractivity contribution in [1.82, 2.24) is 10.2 Å². The number of imide groups is 1. The molecule has 2 fully saturated rings. The van der Waals surface area contributed by atoms with Gasteiger partial charge in [-0.3, -0.25) is 24.6 Å². The molecule has 36 heavy (non-hydrogen) atoms. The Morgan fingerprint density at radius 1 is 0.833 bits per heavy atom. The summed E-state index contributed by atoms with van der Waals surface area (Å²) in [6.45, 7) is 0.237. The van der Waals surface area contributed by atoms with Gasteiger partial charge in [-0.1, -0.05) is 54.6 Å². The van der Waals surface area contributed by atoms with Crippen LogP contribution in [0.5, 0.6) is 11.5 Å². The molecule has 2 saturated heterocycles. The van der Waals surface area contributed by atoms with E-state index in [9.17, 15) is 24.6 Å². The van der Waals surface area contributed by atoms with Crippen LogP contribution in [0, 0.1) is 11.8 Å². The van der Waals surface area contributed by atoms with Crippen molar-refractivity contribution >= 4 is 23.4 Å². The third kappa shape index (κ3) is 3.21. The highest BCUT2D eigenvalue weighted by atomic mass is 16.3. The van der Waals surface area contributed by atoms with E-state index in [1.54, 1.807) is 12.1 Å². The average molecular weight is 484 g/mol. The SMILES string of the molecule is O=C1[C@H]2[C@@H](C(=O)N1CCc1ccccc1)[C@@]1(N[C@@H]2Cc2ccc(O)c(O)c2)C(=O)Nc2ccccc21. The summed E-state index contributed by atoms with van der Waals surface area (Å²) < 4.78 is 0. The van der Waals surface area contributed by atoms with Crippen LogP contribution in [0.2, 0.25) is 0 Å². The molecule has 182 valence electrons. The van der Waals surface area contributed by atoms with E-state index in [4.69, 9.17) is 0 Å². The van der Waals surface area contributed by atoms with Crippen molar-refractivity contribution < 1.29 is 24.6 Å². The Morgan fingerprint density at radius 3 is 2.36 bits per heavy atom. The number of phenols is 2. The molecule has 0 aliphatic carbocycles. The van der Waals surface area contributed by atoms with Crippen LogP contribution in [-0.2, 0) is 32.8 Å². The van der Waals surface area contributed by atoms with Crippen LogP contribution in [0.3, 0.4) is 0 Å².